The molecule has 0 aromatic heterocycles. The first-order valence-corrected chi connectivity index (χ1v) is 11.5. The number of likely N-dealkylation sites (tertiary alicyclic amines) is 1. The van der Waals surface area contributed by atoms with Crippen molar-refractivity contribution in [1.82, 2.24) is 15.5 Å². The number of anilines is 1. The summed E-state index contributed by atoms with van der Waals surface area (Å²) in [7, 11) is 0. The molecule has 4 rings (SSSR count). The molecule has 2 aromatic rings. The highest BCUT2D eigenvalue weighted by atomic mass is 19.1. The van der Waals surface area contributed by atoms with Crippen LogP contribution in [0.3, 0.4) is 0 Å². The molecule has 33 heavy (non-hydrogen) atoms. The van der Waals surface area contributed by atoms with Crippen LogP contribution in [-0.2, 0) is 11.2 Å². The number of carbonyl (C=O) groups is 3. The molecule has 1 aliphatic heterocycles. The van der Waals surface area contributed by atoms with E-state index in [2.05, 4.69) is 16.0 Å². The Kier molecular flexibility index (Phi) is 7.22. The predicted molar refractivity (Wildman–Crippen MR) is 123 cm³/mol. The topological polar surface area (TPSA) is 90.5 Å². The van der Waals surface area contributed by atoms with Crippen molar-refractivity contribution in [1.29, 1.82) is 0 Å². The summed E-state index contributed by atoms with van der Waals surface area (Å²) in [6, 6.07) is 13.5. The number of piperidine rings is 1. The number of nitrogens with one attached hydrogen (secondary N) is 3. The minimum atomic E-state index is -0.260. The van der Waals surface area contributed by atoms with Gasteiger partial charge in [-0.2, -0.15) is 0 Å². The Hall–Kier alpha value is -3.42. The Labute approximate surface area is 192 Å². The summed E-state index contributed by atoms with van der Waals surface area (Å²) < 4.78 is 13.7. The van der Waals surface area contributed by atoms with Gasteiger partial charge in [-0.15, -0.1) is 0 Å². The fourth-order valence-electron chi connectivity index (χ4n) is 3.97. The molecule has 1 aliphatic carbocycles. The van der Waals surface area contributed by atoms with Crippen LogP contribution in [-0.4, -0.2) is 48.4 Å². The molecule has 2 fully saturated rings. The van der Waals surface area contributed by atoms with Gasteiger partial charge in [0.1, 0.15) is 5.82 Å². The number of halogens is 1. The summed E-state index contributed by atoms with van der Waals surface area (Å²) >= 11 is 0. The Morgan fingerprint density at radius 1 is 0.939 bits per heavy atom. The Balaban J connectivity index is 1.20. The zero-order chi connectivity index (χ0) is 23.2. The van der Waals surface area contributed by atoms with Gasteiger partial charge in [0.25, 0.3) is 5.91 Å². The normalized spacial score (nSPS) is 16.2. The van der Waals surface area contributed by atoms with Gasteiger partial charge in [0.2, 0.25) is 5.91 Å². The van der Waals surface area contributed by atoms with Crippen molar-refractivity contribution in [2.45, 2.75) is 38.1 Å². The summed E-state index contributed by atoms with van der Waals surface area (Å²) in [4.78, 5) is 38.9. The molecule has 1 saturated heterocycles. The van der Waals surface area contributed by atoms with E-state index in [1.165, 1.54) is 6.07 Å². The fourth-order valence-corrected chi connectivity index (χ4v) is 3.97. The van der Waals surface area contributed by atoms with Gasteiger partial charge >= 0.3 is 6.03 Å². The van der Waals surface area contributed by atoms with Crippen LogP contribution in [0.5, 0.6) is 0 Å². The molecule has 0 unspecified atom stereocenters. The van der Waals surface area contributed by atoms with Crippen molar-refractivity contribution in [2.75, 3.05) is 25.0 Å². The molecule has 0 radical (unpaired) electrons. The maximum Gasteiger partial charge on any atom is 0.319 e. The molecule has 2 aliphatic rings. The molecule has 1 heterocycles. The van der Waals surface area contributed by atoms with E-state index in [-0.39, 0.29) is 35.6 Å². The summed E-state index contributed by atoms with van der Waals surface area (Å²) in [5, 5.41) is 8.51. The largest absolute Gasteiger partial charge is 0.356 e. The van der Waals surface area contributed by atoms with E-state index in [0.29, 0.717) is 55.7 Å². The minimum Gasteiger partial charge on any atom is -0.356 e. The monoisotopic (exact) mass is 452 g/mol. The molecule has 0 spiro atoms. The van der Waals surface area contributed by atoms with E-state index in [0.717, 1.165) is 12.8 Å². The van der Waals surface area contributed by atoms with Crippen LogP contribution in [0, 0.1) is 11.7 Å². The summed E-state index contributed by atoms with van der Waals surface area (Å²) in [5.41, 5.74) is 1.77. The van der Waals surface area contributed by atoms with Gasteiger partial charge in [-0.3, -0.25) is 9.59 Å². The second-order valence-corrected chi connectivity index (χ2v) is 8.65. The molecule has 8 heteroatoms. The molecule has 2 aromatic carbocycles. The van der Waals surface area contributed by atoms with Crippen molar-refractivity contribution >= 4 is 23.5 Å². The number of urea groups is 1. The zero-order valence-electron chi connectivity index (χ0n) is 18.5. The number of nitrogens with zero attached hydrogens (tertiary/aromatic N) is 1. The lowest BCUT2D eigenvalue weighted by molar-refractivity contribution is -0.126. The maximum absolute atomic E-state index is 13.7. The highest BCUT2D eigenvalue weighted by Crippen LogP contribution is 2.21. The predicted octanol–water partition coefficient (Wildman–Crippen LogP) is 3.32. The first-order chi connectivity index (χ1) is 16.0. The van der Waals surface area contributed by atoms with Gasteiger partial charge in [-0.25, -0.2) is 9.18 Å². The summed E-state index contributed by atoms with van der Waals surface area (Å²) in [5.74, 6) is -0.532. The zero-order valence-corrected chi connectivity index (χ0v) is 18.5. The lowest BCUT2D eigenvalue weighted by Gasteiger charge is -2.31. The van der Waals surface area contributed by atoms with Crippen LogP contribution in [0.25, 0.3) is 0 Å². The Bertz CT molecular complexity index is 999. The second kappa shape index (κ2) is 10.5. The van der Waals surface area contributed by atoms with E-state index in [1.54, 1.807) is 47.4 Å². The van der Waals surface area contributed by atoms with E-state index >= 15 is 0 Å². The molecular formula is C25H29FN4O3. The second-order valence-electron chi connectivity index (χ2n) is 8.65. The lowest BCUT2D eigenvalue weighted by Crippen LogP contribution is -2.43. The number of hydrogen-bond acceptors (Lipinski definition) is 3. The average molecular weight is 453 g/mol. The number of benzene rings is 2. The van der Waals surface area contributed by atoms with E-state index in [9.17, 15) is 18.8 Å². The van der Waals surface area contributed by atoms with E-state index in [1.807, 2.05) is 0 Å². The number of hydrogen-bond donors (Lipinski definition) is 3. The summed E-state index contributed by atoms with van der Waals surface area (Å²) in [6.45, 7) is 1.40. The molecule has 174 valence electrons. The van der Waals surface area contributed by atoms with Crippen LogP contribution in [0.4, 0.5) is 14.9 Å². The smallest absolute Gasteiger partial charge is 0.319 e. The average Bonchev–Trinajstić information content (AvgIpc) is 3.64. The fraction of sp³-hybridized carbons (Fsp3) is 0.400. The third kappa shape index (κ3) is 6.31. The molecule has 4 amide bonds. The van der Waals surface area contributed by atoms with Gasteiger partial charge in [-0.1, -0.05) is 18.2 Å². The van der Waals surface area contributed by atoms with Crippen LogP contribution in [0.1, 0.15) is 41.6 Å². The Morgan fingerprint density at radius 3 is 2.30 bits per heavy atom. The highest BCUT2D eigenvalue weighted by molar-refractivity contribution is 5.95. The third-order valence-electron chi connectivity index (χ3n) is 6.11. The number of carbonyl (C=O) groups excluding carboxylic acids is 3. The van der Waals surface area contributed by atoms with Crippen molar-refractivity contribution < 1.29 is 18.8 Å². The lowest BCUT2D eigenvalue weighted by atomic mass is 9.95. The SMILES string of the molecule is O=C(Nc1ccc(C(=O)N2CCC(C(=O)NCCc3ccccc3F)CC2)cc1)NC1CC1. The van der Waals surface area contributed by atoms with E-state index < -0.39 is 0 Å². The molecular weight excluding hydrogens is 423 g/mol. The minimum absolute atomic E-state index is 0.0432. The van der Waals surface area contributed by atoms with Gasteiger partial charge in [0.05, 0.1) is 0 Å². The van der Waals surface area contributed by atoms with Crippen LogP contribution < -0.4 is 16.0 Å². The molecule has 1 saturated carbocycles. The molecule has 0 bridgehead atoms. The molecule has 0 atom stereocenters. The quantitative estimate of drug-likeness (QED) is 0.602. The van der Waals surface area contributed by atoms with Gasteiger partial charge in [0, 0.05) is 42.8 Å². The van der Waals surface area contributed by atoms with Crippen molar-refractivity contribution in [2.24, 2.45) is 5.92 Å². The summed E-state index contributed by atoms with van der Waals surface area (Å²) in [6.07, 6.45) is 3.68. The standard InChI is InChI=1S/C25H29FN4O3/c26-22-4-2-1-3-17(22)11-14-27-23(31)18-12-15-30(16-13-18)24(32)19-5-7-20(8-6-19)28-25(33)29-21-9-10-21/h1-8,18,21H,9-16H2,(H,27,31)(H2,28,29,33). The van der Waals surface area contributed by atoms with Crippen LogP contribution in [0.15, 0.2) is 48.5 Å². The van der Waals surface area contributed by atoms with Crippen molar-refractivity contribution in [3.05, 3.63) is 65.5 Å². The first-order valence-electron chi connectivity index (χ1n) is 11.5. The molecule has 3 N–H and O–H groups in total. The van der Waals surface area contributed by atoms with Gasteiger partial charge in [-0.05, 0) is 68.0 Å². The van der Waals surface area contributed by atoms with Gasteiger partial charge in [0.15, 0.2) is 0 Å². The third-order valence-corrected chi connectivity index (χ3v) is 6.11. The Morgan fingerprint density at radius 2 is 1.64 bits per heavy atom. The first kappa shape index (κ1) is 22.8. The van der Waals surface area contributed by atoms with E-state index in [4.69, 9.17) is 0 Å². The number of rotatable bonds is 7. The van der Waals surface area contributed by atoms with Crippen LogP contribution in [0.2, 0.25) is 0 Å². The van der Waals surface area contributed by atoms with Crippen LogP contribution >= 0.6 is 0 Å². The maximum atomic E-state index is 13.7. The van der Waals surface area contributed by atoms with Gasteiger partial charge < -0.3 is 20.9 Å². The highest BCUT2D eigenvalue weighted by Gasteiger charge is 2.28. The van der Waals surface area contributed by atoms with Crippen molar-refractivity contribution in [3.63, 3.8) is 0 Å². The molecule has 7 nitrogen and oxygen atoms in total. The van der Waals surface area contributed by atoms with Crippen molar-refractivity contribution in [3.8, 4) is 0 Å². The number of amides is 4.